The van der Waals surface area contributed by atoms with Crippen LogP contribution in [0.25, 0.3) is 0 Å². The summed E-state index contributed by atoms with van der Waals surface area (Å²) < 4.78 is 0. The Morgan fingerprint density at radius 3 is 2.86 bits per heavy atom. The van der Waals surface area contributed by atoms with Crippen LogP contribution in [0.3, 0.4) is 0 Å². The topological polar surface area (TPSA) is 87.5 Å². The fraction of sp³-hybridized carbons (Fsp3) is 0.500. The SMILES string of the molecule is CN(C)C(=O)c1ccc(NCC2CCNC2)c([N+](=O)[O-])c1. The molecule has 1 fully saturated rings. The molecular formula is C14H20N4O3. The summed E-state index contributed by atoms with van der Waals surface area (Å²) in [4.78, 5) is 24.0. The molecule has 1 heterocycles. The molecule has 0 aromatic heterocycles. The van der Waals surface area contributed by atoms with E-state index in [0.29, 0.717) is 23.7 Å². The Morgan fingerprint density at radius 2 is 2.29 bits per heavy atom. The molecule has 1 atom stereocenters. The van der Waals surface area contributed by atoms with E-state index in [2.05, 4.69) is 10.6 Å². The fourth-order valence-electron chi connectivity index (χ4n) is 2.37. The van der Waals surface area contributed by atoms with Crippen LogP contribution in [0.15, 0.2) is 18.2 Å². The van der Waals surface area contributed by atoms with Crippen LogP contribution in [-0.4, -0.2) is 49.5 Å². The standard InChI is InChI=1S/C14H20N4O3/c1-17(2)14(19)11-3-4-12(13(7-11)18(20)21)16-9-10-5-6-15-8-10/h3-4,7,10,15-16H,5-6,8-9H2,1-2H3. The quantitative estimate of drug-likeness (QED) is 0.631. The average molecular weight is 292 g/mol. The first kappa shape index (κ1) is 15.2. The van der Waals surface area contributed by atoms with Gasteiger partial charge in [0.25, 0.3) is 11.6 Å². The van der Waals surface area contributed by atoms with Crippen LogP contribution in [0.4, 0.5) is 11.4 Å². The van der Waals surface area contributed by atoms with Crippen LogP contribution in [0, 0.1) is 16.0 Å². The number of nitro benzene ring substituents is 1. The molecule has 0 saturated carbocycles. The van der Waals surface area contributed by atoms with Gasteiger partial charge in [-0.15, -0.1) is 0 Å². The van der Waals surface area contributed by atoms with Crippen LogP contribution in [0.1, 0.15) is 16.8 Å². The summed E-state index contributed by atoms with van der Waals surface area (Å²) in [5, 5.41) is 17.6. The van der Waals surface area contributed by atoms with Crippen molar-refractivity contribution < 1.29 is 9.72 Å². The lowest BCUT2D eigenvalue weighted by atomic mass is 10.1. The summed E-state index contributed by atoms with van der Waals surface area (Å²) in [5.41, 5.74) is 0.718. The minimum Gasteiger partial charge on any atom is -0.379 e. The Hall–Kier alpha value is -2.15. The molecule has 0 spiro atoms. The molecule has 7 heteroatoms. The van der Waals surface area contributed by atoms with Gasteiger partial charge in [-0.2, -0.15) is 0 Å². The lowest BCUT2D eigenvalue weighted by Gasteiger charge is -2.13. The van der Waals surface area contributed by atoms with Crippen LogP contribution in [0.5, 0.6) is 0 Å². The number of hydrogen-bond acceptors (Lipinski definition) is 5. The van der Waals surface area contributed by atoms with Gasteiger partial charge in [-0.3, -0.25) is 14.9 Å². The average Bonchev–Trinajstić information content (AvgIpc) is 2.97. The summed E-state index contributed by atoms with van der Waals surface area (Å²) >= 11 is 0. The van der Waals surface area contributed by atoms with E-state index in [9.17, 15) is 14.9 Å². The minimum absolute atomic E-state index is 0.0614. The molecule has 1 aromatic carbocycles. The highest BCUT2D eigenvalue weighted by atomic mass is 16.6. The molecule has 21 heavy (non-hydrogen) atoms. The van der Waals surface area contributed by atoms with E-state index < -0.39 is 4.92 Å². The van der Waals surface area contributed by atoms with Gasteiger partial charge in [-0.05, 0) is 37.6 Å². The van der Waals surface area contributed by atoms with Gasteiger partial charge in [-0.1, -0.05) is 0 Å². The maximum atomic E-state index is 11.9. The highest BCUT2D eigenvalue weighted by Gasteiger charge is 2.20. The zero-order valence-electron chi connectivity index (χ0n) is 12.3. The molecule has 1 aliphatic rings. The third-order valence-corrected chi connectivity index (χ3v) is 3.59. The number of carbonyl (C=O) groups excluding carboxylic acids is 1. The number of hydrogen-bond donors (Lipinski definition) is 2. The molecule has 0 aliphatic carbocycles. The summed E-state index contributed by atoms with van der Waals surface area (Å²) in [5.74, 6) is 0.234. The molecule has 7 nitrogen and oxygen atoms in total. The van der Waals surface area contributed by atoms with Crippen molar-refractivity contribution in [1.29, 1.82) is 0 Å². The number of benzene rings is 1. The van der Waals surface area contributed by atoms with Gasteiger partial charge in [0, 0.05) is 32.3 Å². The zero-order chi connectivity index (χ0) is 15.4. The Kier molecular flexibility index (Phi) is 4.74. The van der Waals surface area contributed by atoms with Crippen molar-refractivity contribution in [2.24, 2.45) is 5.92 Å². The Labute approximate surface area is 123 Å². The minimum atomic E-state index is -0.457. The van der Waals surface area contributed by atoms with Gasteiger partial charge in [0.1, 0.15) is 5.69 Å². The van der Waals surface area contributed by atoms with E-state index in [1.807, 2.05) is 0 Å². The zero-order valence-corrected chi connectivity index (χ0v) is 12.3. The molecule has 2 N–H and O–H groups in total. The first-order valence-electron chi connectivity index (χ1n) is 6.93. The van der Waals surface area contributed by atoms with Gasteiger partial charge >= 0.3 is 0 Å². The normalized spacial score (nSPS) is 17.5. The first-order valence-corrected chi connectivity index (χ1v) is 6.93. The van der Waals surface area contributed by atoms with Crippen LogP contribution in [-0.2, 0) is 0 Å². The molecule has 1 aliphatic heterocycles. The molecule has 2 rings (SSSR count). The van der Waals surface area contributed by atoms with Crippen LogP contribution < -0.4 is 10.6 Å². The van der Waals surface area contributed by atoms with E-state index in [1.165, 1.54) is 11.0 Å². The fourth-order valence-corrected chi connectivity index (χ4v) is 2.37. The number of anilines is 1. The van der Waals surface area contributed by atoms with Gasteiger partial charge in [0.2, 0.25) is 0 Å². The van der Waals surface area contributed by atoms with Crippen molar-refractivity contribution in [2.45, 2.75) is 6.42 Å². The molecule has 0 bridgehead atoms. The molecule has 1 amide bonds. The number of nitro groups is 1. The number of nitrogens with zero attached hydrogens (tertiary/aromatic N) is 2. The lowest BCUT2D eigenvalue weighted by molar-refractivity contribution is -0.384. The molecule has 0 radical (unpaired) electrons. The van der Waals surface area contributed by atoms with E-state index >= 15 is 0 Å². The van der Waals surface area contributed by atoms with Crippen LogP contribution >= 0.6 is 0 Å². The third kappa shape index (κ3) is 3.69. The summed E-state index contributed by atoms with van der Waals surface area (Å²) in [6.07, 6.45) is 1.07. The van der Waals surface area contributed by atoms with E-state index in [1.54, 1.807) is 26.2 Å². The van der Waals surface area contributed by atoms with Crippen LogP contribution in [0.2, 0.25) is 0 Å². The number of carbonyl (C=O) groups is 1. The second-order valence-electron chi connectivity index (χ2n) is 5.43. The van der Waals surface area contributed by atoms with Gasteiger partial charge in [0.05, 0.1) is 4.92 Å². The second kappa shape index (κ2) is 6.53. The maximum absolute atomic E-state index is 11.9. The van der Waals surface area contributed by atoms with E-state index in [4.69, 9.17) is 0 Å². The predicted octanol–water partition coefficient (Wildman–Crippen LogP) is 1.32. The molecule has 114 valence electrons. The van der Waals surface area contributed by atoms with Crippen molar-refractivity contribution in [3.63, 3.8) is 0 Å². The van der Waals surface area contributed by atoms with Crippen molar-refractivity contribution in [2.75, 3.05) is 39.0 Å². The van der Waals surface area contributed by atoms with Gasteiger partial charge in [0.15, 0.2) is 0 Å². The largest absolute Gasteiger partial charge is 0.379 e. The molecule has 1 aromatic rings. The third-order valence-electron chi connectivity index (χ3n) is 3.59. The number of rotatable bonds is 5. The number of nitrogens with one attached hydrogen (secondary N) is 2. The van der Waals surface area contributed by atoms with Crippen molar-refractivity contribution in [3.05, 3.63) is 33.9 Å². The highest BCUT2D eigenvalue weighted by molar-refractivity contribution is 5.95. The second-order valence-corrected chi connectivity index (χ2v) is 5.43. The predicted molar refractivity (Wildman–Crippen MR) is 80.6 cm³/mol. The summed E-state index contributed by atoms with van der Waals surface area (Å²) in [6, 6.07) is 4.55. The van der Waals surface area contributed by atoms with E-state index in [-0.39, 0.29) is 11.6 Å². The number of amides is 1. The van der Waals surface area contributed by atoms with E-state index in [0.717, 1.165) is 19.5 Å². The molecule has 1 saturated heterocycles. The summed E-state index contributed by atoms with van der Waals surface area (Å²) in [6.45, 7) is 2.61. The lowest BCUT2D eigenvalue weighted by Crippen LogP contribution is -2.22. The molecule has 1 unspecified atom stereocenters. The summed E-state index contributed by atoms with van der Waals surface area (Å²) in [7, 11) is 3.24. The van der Waals surface area contributed by atoms with Crippen molar-refractivity contribution >= 4 is 17.3 Å². The smallest absolute Gasteiger partial charge is 0.293 e. The van der Waals surface area contributed by atoms with Gasteiger partial charge < -0.3 is 15.5 Å². The molecular weight excluding hydrogens is 272 g/mol. The highest BCUT2D eigenvalue weighted by Crippen LogP contribution is 2.26. The Bertz CT molecular complexity index is 539. The maximum Gasteiger partial charge on any atom is 0.293 e. The van der Waals surface area contributed by atoms with Crippen molar-refractivity contribution in [3.8, 4) is 0 Å². The Balaban J connectivity index is 2.16. The first-order chi connectivity index (χ1) is 9.99. The Morgan fingerprint density at radius 1 is 1.52 bits per heavy atom. The van der Waals surface area contributed by atoms with Crippen molar-refractivity contribution in [1.82, 2.24) is 10.2 Å². The monoisotopic (exact) mass is 292 g/mol. The van der Waals surface area contributed by atoms with Gasteiger partial charge in [-0.25, -0.2) is 0 Å².